The molecule has 0 bridgehead atoms. The first-order valence-electron chi connectivity index (χ1n) is 18.8. The van der Waals surface area contributed by atoms with Crippen LogP contribution in [0.4, 0.5) is 0 Å². The highest BCUT2D eigenvalue weighted by molar-refractivity contribution is 7.90. The fourth-order valence-corrected chi connectivity index (χ4v) is 8.84. The number of methoxy groups -OCH3 is 1. The highest BCUT2D eigenvalue weighted by Gasteiger charge is 2.35. The fourth-order valence-electron chi connectivity index (χ4n) is 8.22. The fraction of sp³-hybridized carbons (Fsp3) is 0.500. The highest BCUT2D eigenvalue weighted by atomic mass is 32.2. The average molecular weight is 743 g/mol. The molecule has 0 radical (unpaired) electrons. The topological polar surface area (TPSA) is 138 Å². The van der Waals surface area contributed by atoms with E-state index in [-0.39, 0.29) is 35.4 Å². The Morgan fingerprint density at radius 3 is 2.34 bits per heavy atom. The Morgan fingerprint density at radius 1 is 0.962 bits per heavy atom. The molecule has 7 rings (SSSR count). The molecule has 1 aliphatic carbocycles. The van der Waals surface area contributed by atoms with Crippen molar-refractivity contribution in [2.24, 2.45) is 0 Å². The molecule has 2 aromatic heterocycles. The molecular weight excluding hydrogens is 693 g/mol. The zero-order valence-corrected chi connectivity index (χ0v) is 32.5. The SMILES string of the molecule is COc1ccc2c(c1)C=C(c1c(C(=O)N3CC(C)OC(C)C3)nnn1C(C)C)Cn1c-2c(C2CCCCC2)c2ccc(C(=O)NS(=O)(=O)C(C)C)cc21. The summed E-state index contributed by atoms with van der Waals surface area (Å²) in [6.45, 7) is 12.3. The molecule has 13 heteroatoms. The molecule has 1 saturated carbocycles. The van der Waals surface area contributed by atoms with E-state index in [2.05, 4.69) is 31.7 Å². The Morgan fingerprint density at radius 2 is 1.68 bits per heavy atom. The lowest BCUT2D eigenvalue weighted by Crippen LogP contribution is -2.48. The molecule has 1 saturated heterocycles. The maximum absolute atomic E-state index is 14.4. The molecule has 282 valence electrons. The molecule has 2 atom stereocenters. The molecular formula is C40H50N6O6S. The molecule has 4 aromatic rings. The zero-order valence-electron chi connectivity index (χ0n) is 31.7. The van der Waals surface area contributed by atoms with Crippen LogP contribution < -0.4 is 9.46 Å². The number of ether oxygens (including phenoxy) is 2. The van der Waals surface area contributed by atoms with Gasteiger partial charge >= 0.3 is 0 Å². The molecule has 12 nitrogen and oxygen atoms in total. The Labute approximate surface area is 311 Å². The summed E-state index contributed by atoms with van der Waals surface area (Å²) in [5.74, 6) is 0.131. The molecule has 2 amide bonds. The summed E-state index contributed by atoms with van der Waals surface area (Å²) in [6.07, 6.45) is 7.44. The second kappa shape index (κ2) is 14.4. The van der Waals surface area contributed by atoms with Gasteiger partial charge in [0.05, 0.1) is 42.5 Å². The Balaban J connectivity index is 1.46. The summed E-state index contributed by atoms with van der Waals surface area (Å²) in [6, 6.07) is 11.5. The van der Waals surface area contributed by atoms with Crippen LogP contribution in [0.2, 0.25) is 0 Å². The van der Waals surface area contributed by atoms with Crippen LogP contribution in [0.1, 0.15) is 123 Å². The quantitative estimate of drug-likeness (QED) is 0.208. The minimum Gasteiger partial charge on any atom is -0.497 e. The van der Waals surface area contributed by atoms with E-state index in [1.54, 1.807) is 31.9 Å². The molecule has 53 heavy (non-hydrogen) atoms. The predicted octanol–water partition coefficient (Wildman–Crippen LogP) is 6.81. The van der Waals surface area contributed by atoms with Crippen molar-refractivity contribution < 1.29 is 27.5 Å². The third kappa shape index (κ3) is 6.89. The van der Waals surface area contributed by atoms with Gasteiger partial charge in [0.15, 0.2) is 5.69 Å². The van der Waals surface area contributed by atoms with Gasteiger partial charge in [-0.2, -0.15) is 0 Å². The van der Waals surface area contributed by atoms with E-state index >= 15 is 0 Å². The smallest absolute Gasteiger partial charge is 0.276 e. The van der Waals surface area contributed by atoms with Gasteiger partial charge in [-0.15, -0.1) is 5.10 Å². The standard InChI is InChI=1S/C40H50N6O6S/c1-23(2)46-37(36(41-43-46)40(48)44-20-25(5)52-26(6)21-44)30-17-29-18-31(51-7)14-16-32(29)38-35(27-11-9-8-10-12-27)33-15-13-28(19-34(33)45(38)22-30)39(47)42-53(49,50)24(3)4/h13-19,23-27H,8-12,20-22H2,1-7H3,(H,42,47). The van der Waals surface area contributed by atoms with Crippen LogP contribution in [-0.2, 0) is 21.3 Å². The van der Waals surface area contributed by atoms with Crippen LogP contribution >= 0.6 is 0 Å². The van der Waals surface area contributed by atoms with Crippen LogP contribution in [0.15, 0.2) is 36.4 Å². The van der Waals surface area contributed by atoms with Gasteiger partial charge in [-0.3, -0.25) is 9.59 Å². The summed E-state index contributed by atoms with van der Waals surface area (Å²) >= 11 is 0. The minimum absolute atomic E-state index is 0.104. The van der Waals surface area contributed by atoms with Crippen LogP contribution in [0, 0.1) is 0 Å². The average Bonchev–Trinajstić information content (AvgIpc) is 3.66. The first kappa shape index (κ1) is 36.9. The van der Waals surface area contributed by atoms with Gasteiger partial charge in [0, 0.05) is 46.7 Å². The number of carbonyl (C=O) groups is 2. The Bertz CT molecular complexity index is 2200. The van der Waals surface area contributed by atoms with Crippen molar-refractivity contribution in [3.8, 4) is 17.0 Å². The Hall–Kier alpha value is -4.49. The lowest BCUT2D eigenvalue weighted by molar-refractivity contribution is -0.0587. The summed E-state index contributed by atoms with van der Waals surface area (Å²) in [7, 11) is -2.20. The van der Waals surface area contributed by atoms with Crippen molar-refractivity contribution in [2.75, 3.05) is 20.2 Å². The number of carbonyl (C=O) groups excluding carboxylic acids is 2. The van der Waals surface area contributed by atoms with Crippen molar-refractivity contribution in [1.82, 2.24) is 29.2 Å². The third-order valence-electron chi connectivity index (χ3n) is 10.8. The van der Waals surface area contributed by atoms with E-state index in [0.29, 0.717) is 37.0 Å². The number of rotatable bonds is 8. The predicted molar refractivity (Wildman–Crippen MR) is 205 cm³/mol. The van der Waals surface area contributed by atoms with Crippen molar-refractivity contribution in [3.05, 3.63) is 64.5 Å². The zero-order chi connectivity index (χ0) is 37.8. The molecule has 2 unspecified atom stereocenters. The third-order valence-corrected chi connectivity index (χ3v) is 12.5. The van der Waals surface area contributed by atoms with Gasteiger partial charge in [0.25, 0.3) is 11.8 Å². The van der Waals surface area contributed by atoms with Crippen LogP contribution in [0.5, 0.6) is 5.75 Å². The number of hydrogen-bond donors (Lipinski definition) is 1. The molecule has 3 aliphatic rings. The van der Waals surface area contributed by atoms with Crippen LogP contribution in [-0.4, -0.2) is 82.4 Å². The summed E-state index contributed by atoms with van der Waals surface area (Å²) in [5, 5.41) is 9.35. The second-order valence-electron chi connectivity index (χ2n) is 15.4. The lowest BCUT2D eigenvalue weighted by atomic mass is 9.81. The van der Waals surface area contributed by atoms with E-state index < -0.39 is 21.2 Å². The number of benzene rings is 2. The largest absolute Gasteiger partial charge is 0.497 e. The number of nitrogens with zero attached hydrogens (tertiary/aromatic N) is 5. The molecule has 0 spiro atoms. The van der Waals surface area contributed by atoms with Gasteiger partial charge in [-0.05, 0) is 108 Å². The number of amides is 2. The van der Waals surface area contributed by atoms with Gasteiger partial charge in [-0.1, -0.05) is 30.5 Å². The minimum atomic E-state index is -3.85. The van der Waals surface area contributed by atoms with Gasteiger partial charge < -0.3 is 18.9 Å². The Kier molecular flexibility index (Phi) is 10.0. The summed E-state index contributed by atoms with van der Waals surface area (Å²) in [4.78, 5) is 29.7. The van der Waals surface area contributed by atoms with Crippen LogP contribution in [0.25, 0.3) is 33.8 Å². The first-order chi connectivity index (χ1) is 25.3. The van der Waals surface area contributed by atoms with Gasteiger partial charge in [-0.25, -0.2) is 17.8 Å². The van der Waals surface area contributed by atoms with Gasteiger partial charge in [0.1, 0.15) is 5.75 Å². The highest BCUT2D eigenvalue weighted by Crippen LogP contribution is 2.48. The lowest BCUT2D eigenvalue weighted by Gasteiger charge is -2.35. The van der Waals surface area contributed by atoms with Crippen molar-refractivity contribution >= 4 is 44.4 Å². The summed E-state index contributed by atoms with van der Waals surface area (Å²) < 4.78 is 43.5. The van der Waals surface area contributed by atoms with Crippen molar-refractivity contribution in [3.63, 3.8) is 0 Å². The molecule has 1 N–H and O–H groups in total. The normalized spacial score (nSPS) is 19.6. The molecule has 4 heterocycles. The monoisotopic (exact) mass is 742 g/mol. The van der Waals surface area contributed by atoms with Crippen molar-refractivity contribution in [1.29, 1.82) is 0 Å². The molecule has 2 aromatic carbocycles. The number of nitrogens with one attached hydrogen (secondary N) is 1. The number of morpholine rings is 1. The first-order valence-corrected chi connectivity index (χ1v) is 20.3. The maximum atomic E-state index is 14.4. The van der Waals surface area contributed by atoms with E-state index in [0.717, 1.165) is 59.0 Å². The van der Waals surface area contributed by atoms with E-state index in [1.807, 2.05) is 56.6 Å². The number of allylic oxidation sites excluding steroid dienone is 1. The molecule has 2 aliphatic heterocycles. The number of aromatic nitrogens is 4. The van der Waals surface area contributed by atoms with Crippen molar-refractivity contribution in [2.45, 2.75) is 110 Å². The number of fused-ring (bicyclic) bond motifs is 5. The maximum Gasteiger partial charge on any atom is 0.276 e. The molecule has 2 fully saturated rings. The number of sulfonamides is 1. The number of hydrogen-bond acceptors (Lipinski definition) is 8. The van der Waals surface area contributed by atoms with Crippen LogP contribution in [0.3, 0.4) is 0 Å². The van der Waals surface area contributed by atoms with E-state index in [1.165, 1.54) is 12.0 Å². The van der Waals surface area contributed by atoms with Gasteiger partial charge in [0.2, 0.25) is 10.0 Å². The van der Waals surface area contributed by atoms with E-state index in [9.17, 15) is 18.0 Å². The summed E-state index contributed by atoms with van der Waals surface area (Å²) in [5.41, 5.74) is 7.04. The second-order valence-corrected chi connectivity index (χ2v) is 17.6. The van der Waals surface area contributed by atoms with E-state index in [4.69, 9.17) is 9.47 Å².